The standard InChI is InChI=1S/C27H34BFN2O2.C21H22BrFN2.C9H19BO3/c1-17(2)21-10-9-11-22(18(3)4)25(21)19-15-30-31(16-19)20-12-13-24(29)23(14-20)28-32-26(5,6)27(7,8)33-28;1-13(2)17-6-5-7-18(14(3)4)21(17)15-11-24-25(12-15)16-8-9-20(23)19(22)10-16;1-7(2)11-10-12-8(3,4)9(5,6)13-10/h9-18H,1-8H3;5-14H,1-4H3;7H,1-6H3. The number of hydrogen-bond donors (Lipinski definition) is 0. The van der Waals surface area contributed by atoms with Crippen molar-refractivity contribution in [1.29, 1.82) is 0 Å². The van der Waals surface area contributed by atoms with Crippen molar-refractivity contribution in [2.75, 3.05) is 0 Å². The van der Waals surface area contributed by atoms with Crippen LogP contribution in [0.5, 0.6) is 0 Å². The Bertz CT molecular complexity index is 2700. The zero-order valence-corrected chi connectivity index (χ0v) is 46.8. The number of aromatic nitrogens is 4. The van der Waals surface area contributed by atoms with Crippen LogP contribution in [-0.4, -0.2) is 62.5 Å². The van der Waals surface area contributed by atoms with Gasteiger partial charge in [0.25, 0.3) is 0 Å². The first-order valence-electron chi connectivity index (χ1n) is 25.0. The molecule has 380 valence electrons. The SMILES string of the molecule is CC(C)OB1OC(C)(C)C(C)(C)O1.CC(C)c1cccc(C(C)C)c1-c1cnn(-c2ccc(F)c(B3OC(C)(C)C(C)(C)O3)c2)c1.CC(C)c1cccc(C(C)C)c1-c1cnn(-c2ccc(F)c(Br)c2)c1. The molecule has 0 bridgehead atoms. The lowest BCUT2D eigenvalue weighted by Gasteiger charge is -2.32. The first-order valence-corrected chi connectivity index (χ1v) is 25.8. The fourth-order valence-corrected chi connectivity index (χ4v) is 8.84. The third-order valence-corrected chi connectivity index (χ3v) is 14.6. The van der Waals surface area contributed by atoms with E-state index in [4.69, 9.17) is 23.3 Å². The summed E-state index contributed by atoms with van der Waals surface area (Å²) in [6.07, 6.45) is 7.95. The number of nitrogens with zero attached hydrogens (tertiary/aromatic N) is 4. The molecule has 6 aromatic rings. The van der Waals surface area contributed by atoms with Crippen LogP contribution in [0.2, 0.25) is 0 Å². The summed E-state index contributed by atoms with van der Waals surface area (Å²) in [5.41, 5.74) is 10.2. The average molecular weight is 1040 g/mol. The van der Waals surface area contributed by atoms with Crippen LogP contribution in [0.4, 0.5) is 8.78 Å². The number of rotatable bonds is 11. The van der Waals surface area contributed by atoms with Crippen LogP contribution in [0.15, 0.2) is 102 Å². The molecular weight excluding hydrogens is 960 g/mol. The van der Waals surface area contributed by atoms with Gasteiger partial charge in [-0.25, -0.2) is 18.1 Å². The molecule has 2 aliphatic heterocycles. The van der Waals surface area contributed by atoms with Crippen molar-refractivity contribution in [2.24, 2.45) is 0 Å². The van der Waals surface area contributed by atoms with Crippen LogP contribution in [-0.2, 0) is 23.3 Å². The summed E-state index contributed by atoms with van der Waals surface area (Å²) >= 11 is 3.24. The molecule has 2 aromatic heterocycles. The van der Waals surface area contributed by atoms with Gasteiger partial charge in [-0.1, -0.05) is 91.8 Å². The smallest absolute Gasteiger partial charge is 0.399 e. The van der Waals surface area contributed by atoms with Crippen LogP contribution in [0.1, 0.15) is 171 Å². The summed E-state index contributed by atoms with van der Waals surface area (Å²) in [7, 11) is -1.29. The molecule has 4 aromatic carbocycles. The van der Waals surface area contributed by atoms with Gasteiger partial charge in [-0.2, -0.15) is 10.2 Å². The van der Waals surface area contributed by atoms with E-state index in [1.165, 1.54) is 45.5 Å². The lowest BCUT2D eigenvalue weighted by molar-refractivity contribution is 0.00578. The van der Waals surface area contributed by atoms with Crippen LogP contribution in [0.3, 0.4) is 0 Å². The van der Waals surface area contributed by atoms with Crippen molar-refractivity contribution in [3.8, 4) is 33.6 Å². The van der Waals surface area contributed by atoms with E-state index in [9.17, 15) is 8.78 Å². The van der Waals surface area contributed by atoms with Gasteiger partial charge in [-0.15, -0.1) is 0 Å². The minimum Gasteiger partial charge on any atom is -0.399 e. The third-order valence-electron chi connectivity index (χ3n) is 14.0. The van der Waals surface area contributed by atoms with Crippen molar-refractivity contribution in [1.82, 2.24) is 19.6 Å². The van der Waals surface area contributed by atoms with Gasteiger partial charge in [0.05, 0.1) is 50.6 Å². The van der Waals surface area contributed by atoms with E-state index in [0.29, 0.717) is 33.6 Å². The van der Waals surface area contributed by atoms with Gasteiger partial charge < -0.3 is 23.3 Å². The van der Waals surface area contributed by atoms with E-state index in [0.717, 1.165) is 22.5 Å². The minimum absolute atomic E-state index is 0.120. The van der Waals surface area contributed by atoms with Crippen molar-refractivity contribution in [3.63, 3.8) is 0 Å². The van der Waals surface area contributed by atoms with Crippen molar-refractivity contribution < 1.29 is 32.1 Å². The summed E-state index contributed by atoms with van der Waals surface area (Å²) < 4.78 is 61.2. The Kier molecular flexibility index (Phi) is 17.3. The summed E-state index contributed by atoms with van der Waals surface area (Å²) in [4.78, 5) is 0. The van der Waals surface area contributed by atoms with E-state index in [1.54, 1.807) is 33.6 Å². The molecule has 9 nitrogen and oxygen atoms in total. The second-order valence-electron chi connectivity index (χ2n) is 22.2. The molecule has 2 saturated heterocycles. The van der Waals surface area contributed by atoms with E-state index >= 15 is 0 Å². The van der Waals surface area contributed by atoms with Gasteiger partial charge in [0.1, 0.15) is 11.6 Å². The molecule has 0 saturated carbocycles. The average Bonchev–Trinajstić information content (AvgIpc) is 4.05. The first kappa shape index (κ1) is 55.9. The number of benzene rings is 4. The summed E-state index contributed by atoms with van der Waals surface area (Å²) in [5.74, 6) is 1.01. The van der Waals surface area contributed by atoms with Crippen LogP contribution in [0, 0.1) is 11.6 Å². The minimum atomic E-state index is -0.765. The highest BCUT2D eigenvalue weighted by atomic mass is 79.9. The third kappa shape index (κ3) is 12.5. The van der Waals surface area contributed by atoms with Crippen molar-refractivity contribution >= 4 is 35.8 Å². The Hall–Kier alpha value is -4.43. The van der Waals surface area contributed by atoms with Crippen LogP contribution >= 0.6 is 15.9 Å². The second-order valence-corrected chi connectivity index (χ2v) is 23.1. The molecule has 2 aliphatic rings. The Balaban J connectivity index is 0.000000191. The predicted octanol–water partition coefficient (Wildman–Crippen LogP) is 14.9. The summed E-state index contributed by atoms with van der Waals surface area (Å²) in [6.45, 7) is 37.5. The van der Waals surface area contributed by atoms with Crippen molar-refractivity contribution in [3.05, 3.63) is 136 Å². The molecular formula is C57H75B2BrF2N4O5. The molecule has 0 amide bonds. The largest absolute Gasteiger partial charge is 0.640 e. The van der Waals surface area contributed by atoms with Gasteiger partial charge >= 0.3 is 14.4 Å². The van der Waals surface area contributed by atoms with Gasteiger partial charge in [0.2, 0.25) is 0 Å². The fraction of sp³-hybridized carbons (Fsp3) is 0.474. The molecule has 0 unspecified atom stereocenters. The molecule has 0 atom stereocenters. The Morgan fingerprint density at radius 2 is 0.887 bits per heavy atom. The molecule has 8 rings (SSSR count). The molecule has 0 N–H and O–H groups in total. The molecule has 14 heteroatoms. The monoisotopic (exact) mass is 1030 g/mol. The molecule has 4 heterocycles. The molecule has 2 fully saturated rings. The normalized spacial score (nSPS) is 16.8. The highest BCUT2D eigenvalue weighted by Gasteiger charge is 2.54. The fourth-order valence-electron chi connectivity index (χ4n) is 8.47. The predicted molar refractivity (Wildman–Crippen MR) is 290 cm³/mol. The Morgan fingerprint density at radius 3 is 1.25 bits per heavy atom. The van der Waals surface area contributed by atoms with E-state index in [-0.39, 0.29) is 28.9 Å². The first-order chi connectivity index (χ1) is 33.0. The van der Waals surface area contributed by atoms with Crippen molar-refractivity contribution in [2.45, 2.75) is 177 Å². The lowest BCUT2D eigenvalue weighted by atomic mass is 9.78. The van der Waals surface area contributed by atoms with Gasteiger partial charge in [0, 0.05) is 35.1 Å². The van der Waals surface area contributed by atoms with E-state index in [1.807, 2.05) is 94.0 Å². The Morgan fingerprint density at radius 1 is 0.521 bits per heavy atom. The van der Waals surface area contributed by atoms with E-state index in [2.05, 4.69) is 118 Å². The summed E-state index contributed by atoms with van der Waals surface area (Å²) in [6, 6.07) is 22.9. The van der Waals surface area contributed by atoms with Crippen LogP contribution < -0.4 is 5.46 Å². The topological polar surface area (TPSA) is 81.8 Å². The molecule has 0 aliphatic carbocycles. The second kappa shape index (κ2) is 22.0. The maximum Gasteiger partial charge on any atom is 0.640 e. The molecule has 71 heavy (non-hydrogen) atoms. The number of halogens is 3. The van der Waals surface area contributed by atoms with Crippen LogP contribution in [0.25, 0.3) is 33.6 Å². The summed E-state index contributed by atoms with van der Waals surface area (Å²) in [5, 5.41) is 9.14. The molecule has 0 radical (unpaired) electrons. The quantitative estimate of drug-likeness (QED) is 0.120. The van der Waals surface area contributed by atoms with Gasteiger partial charge in [-0.05, 0) is 179 Å². The maximum atomic E-state index is 14.8. The van der Waals surface area contributed by atoms with E-state index < -0.39 is 25.6 Å². The molecule has 0 spiro atoms. The highest BCUT2D eigenvalue weighted by molar-refractivity contribution is 9.10. The van der Waals surface area contributed by atoms with Gasteiger partial charge in [-0.3, -0.25) is 0 Å². The zero-order valence-electron chi connectivity index (χ0n) is 45.2. The highest BCUT2D eigenvalue weighted by Crippen LogP contribution is 2.40. The zero-order chi connectivity index (χ0) is 52.5. The lowest BCUT2D eigenvalue weighted by Crippen LogP contribution is -2.41. The van der Waals surface area contributed by atoms with Gasteiger partial charge in [0.15, 0.2) is 0 Å². The Labute approximate surface area is 431 Å². The maximum absolute atomic E-state index is 14.8. The number of hydrogen-bond acceptors (Lipinski definition) is 7.